The van der Waals surface area contributed by atoms with Crippen molar-refractivity contribution < 1.29 is 0 Å². The second kappa shape index (κ2) is 10.5. The summed E-state index contributed by atoms with van der Waals surface area (Å²) in [6.45, 7) is 8.78. The third-order valence-electron chi connectivity index (χ3n) is 4.89. The van der Waals surface area contributed by atoms with Crippen LogP contribution in [0.15, 0.2) is 53.9 Å². The van der Waals surface area contributed by atoms with Crippen LogP contribution in [0.4, 0.5) is 0 Å². The first-order chi connectivity index (χ1) is 13.8. The molecule has 0 saturated carbocycles. The van der Waals surface area contributed by atoms with E-state index in [1.807, 2.05) is 19.3 Å². The number of unbranched alkanes of at least 4 members (excludes halogenated alkanes) is 1. The van der Waals surface area contributed by atoms with E-state index in [4.69, 9.17) is 4.99 Å². The van der Waals surface area contributed by atoms with Gasteiger partial charge in [0.1, 0.15) is 5.82 Å². The van der Waals surface area contributed by atoms with Crippen LogP contribution < -0.4 is 10.6 Å². The standard InChI is InChI=1S/C22H32N6/c1-3-23-22(25-12-6-7-15-27-18-14-24-19(27)2)26-13-8-16-28-17-11-20-9-4-5-10-21(20)28/h4-5,9-11,14,17-18H,3,6-8,12-13,15-16H2,1-2H3,(H2,23,25,26). The van der Waals surface area contributed by atoms with Crippen molar-refractivity contribution in [1.82, 2.24) is 24.8 Å². The lowest BCUT2D eigenvalue weighted by Gasteiger charge is -2.12. The zero-order chi connectivity index (χ0) is 19.6. The van der Waals surface area contributed by atoms with Crippen molar-refractivity contribution in [3.8, 4) is 0 Å². The van der Waals surface area contributed by atoms with Gasteiger partial charge in [-0.2, -0.15) is 0 Å². The van der Waals surface area contributed by atoms with Gasteiger partial charge in [-0.1, -0.05) is 18.2 Å². The lowest BCUT2D eigenvalue weighted by molar-refractivity contribution is 0.587. The minimum atomic E-state index is 0.816. The normalized spacial score (nSPS) is 11.9. The summed E-state index contributed by atoms with van der Waals surface area (Å²) < 4.78 is 4.51. The molecule has 6 nitrogen and oxygen atoms in total. The maximum absolute atomic E-state index is 4.72. The summed E-state index contributed by atoms with van der Waals surface area (Å²) in [6.07, 6.45) is 9.33. The van der Waals surface area contributed by atoms with Gasteiger partial charge in [-0.15, -0.1) is 0 Å². The fraction of sp³-hybridized carbons (Fsp3) is 0.455. The van der Waals surface area contributed by atoms with Crippen molar-refractivity contribution in [2.75, 3.05) is 19.6 Å². The number of nitrogens with zero attached hydrogens (tertiary/aromatic N) is 4. The van der Waals surface area contributed by atoms with Crippen LogP contribution in [0.1, 0.15) is 32.0 Å². The van der Waals surface area contributed by atoms with Crippen LogP contribution in [-0.4, -0.2) is 39.7 Å². The van der Waals surface area contributed by atoms with E-state index in [2.05, 4.69) is 68.2 Å². The highest BCUT2D eigenvalue weighted by atomic mass is 15.2. The number of benzene rings is 1. The third-order valence-corrected chi connectivity index (χ3v) is 4.89. The van der Waals surface area contributed by atoms with Crippen LogP contribution in [0.2, 0.25) is 0 Å². The first kappa shape index (κ1) is 20.0. The van der Waals surface area contributed by atoms with E-state index in [1.165, 1.54) is 10.9 Å². The highest BCUT2D eigenvalue weighted by molar-refractivity contribution is 5.80. The molecule has 3 rings (SSSR count). The molecule has 28 heavy (non-hydrogen) atoms. The molecule has 0 unspecified atom stereocenters. The van der Waals surface area contributed by atoms with Crippen LogP contribution in [0.25, 0.3) is 10.9 Å². The van der Waals surface area contributed by atoms with Gasteiger partial charge in [-0.25, -0.2) is 4.98 Å². The quantitative estimate of drug-likeness (QED) is 0.321. The van der Waals surface area contributed by atoms with Crippen molar-refractivity contribution in [2.24, 2.45) is 4.99 Å². The van der Waals surface area contributed by atoms with E-state index in [9.17, 15) is 0 Å². The number of aliphatic imine (C=N–C) groups is 1. The van der Waals surface area contributed by atoms with Crippen molar-refractivity contribution in [2.45, 2.75) is 46.2 Å². The van der Waals surface area contributed by atoms with E-state index >= 15 is 0 Å². The van der Waals surface area contributed by atoms with Gasteiger partial charge in [0.2, 0.25) is 0 Å². The van der Waals surface area contributed by atoms with E-state index < -0.39 is 0 Å². The van der Waals surface area contributed by atoms with E-state index in [1.54, 1.807) is 0 Å². The molecule has 0 aliphatic carbocycles. The second-order valence-electron chi connectivity index (χ2n) is 6.98. The maximum Gasteiger partial charge on any atom is 0.191 e. The van der Waals surface area contributed by atoms with Crippen molar-refractivity contribution in [3.05, 3.63) is 54.7 Å². The molecule has 2 N–H and O–H groups in total. The molecule has 6 heteroatoms. The molecule has 150 valence electrons. The second-order valence-corrected chi connectivity index (χ2v) is 6.98. The van der Waals surface area contributed by atoms with Gasteiger partial charge in [-0.05, 0) is 50.6 Å². The number of hydrogen-bond acceptors (Lipinski definition) is 2. The van der Waals surface area contributed by atoms with E-state index in [0.717, 1.165) is 63.8 Å². The number of guanidine groups is 1. The molecule has 0 spiro atoms. The van der Waals surface area contributed by atoms with Gasteiger partial charge in [0.05, 0.1) is 0 Å². The zero-order valence-corrected chi connectivity index (χ0v) is 17.1. The molecule has 0 radical (unpaired) electrons. The first-order valence-electron chi connectivity index (χ1n) is 10.3. The van der Waals surface area contributed by atoms with Crippen LogP contribution in [0.3, 0.4) is 0 Å². The average molecular weight is 381 g/mol. The molecule has 0 aliphatic rings. The molecule has 0 atom stereocenters. The zero-order valence-electron chi connectivity index (χ0n) is 17.1. The van der Waals surface area contributed by atoms with Crippen molar-refractivity contribution in [3.63, 3.8) is 0 Å². The number of rotatable bonds is 10. The molecule has 0 amide bonds. The Kier molecular flexibility index (Phi) is 7.53. The lowest BCUT2D eigenvalue weighted by Crippen LogP contribution is -2.38. The van der Waals surface area contributed by atoms with Gasteiger partial charge in [0.15, 0.2) is 5.96 Å². The lowest BCUT2D eigenvalue weighted by atomic mass is 10.2. The largest absolute Gasteiger partial charge is 0.357 e. The molecule has 0 saturated heterocycles. The predicted octanol–water partition coefficient (Wildman–Crippen LogP) is 3.57. The summed E-state index contributed by atoms with van der Waals surface area (Å²) in [6, 6.07) is 10.7. The van der Waals surface area contributed by atoms with Gasteiger partial charge >= 0.3 is 0 Å². The number of fused-ring (bicyclic) bond motifs is 1. The Balaban J connectivity index is 1.38. The van der Waals surface area contributed by atoms with Crippen molar-refractivity contribution >= 4 is 16.9 Å². The Morgan fingerprint density at radius 1 is 1.00 bits per heavy atom. The summed E-state index contributed by atoms with van der Waals surface area (Å²) in [5, 5.41) is 8.08. The highest BCUT2D eigenvalue weighted by Crippen LogP contribution is 2.15. The molecular formula is C22H32N6. The monoisotopic (exact) mass is 380 g/mol. The number of hydrogen-bond donors (Lipinski definition) is 2. The van der Waals surface area contributed by atoms with E-state index in [0.29, 0.717) is 0 Å². The Morgan fingerprint density at radius 2 is 1.86 bits per heavy atom. The van der Waals surface area contributed by atoms with Gasteiger partial charge in [-0.3, -0.25) is 4.99 Å². The fourth-order valence-electron chi connectivity index (χ4n) is 3.36. The predicted molar refractivity (Wildman–Crippen MR) is 117 cm³/mol. The highest BCUT2D eigenvalue weighted by Gasteiger charge is 2.01. The number of para-hydroxylation sites is 1. The molecule has 2 aromatic heterocycles. The Morgan fingerprint density at radius 3 is 2.68 bits per heavy atom. The summed E-state index contributed by atoms with van der Waals surface area (Å²) >= 11 is 0. The average Bonchev–Trinajstić information content (AvgIpc) is 3.31. The van der Waals surface area contributed by atoms with E-state index in [-0.39, 0.29) is 0 Å². The molecule has 2 heterocycles. The summed E-state index contributed by atoms with van der Waals surface area (Å²) in [7, 11) is 0. The van der Waals surface area contributed by atoms with Crippen LogP contribution in [0, 0.1) is 6.92 Å². The maximum atomic E-state index is 4.72. The summed E-state index contributed by atoms with van der Waals surface area (Å²) in [5.74, 6) is 2.00. The molecule has 0 bridgehead atoms. The van der Waals surface area contributed by atoms with Gasteiger partial charge in [0.25, 0.3) is 0 Å². The summed E-state index contributed by atoms with van der Waals surface area (Å²) in [4.78, 5) is 8.98. The fourth-order valence-corrected chi connectivity index (χ4v) is 3.36. The van der Waals surface area contributed by atoms with Crippen LogP contribution in [0.5, 0.6) is 0 Å². The molecule has 0 fully saturated rings. The number of aryl methyl sites for hydroxylation is 3. The van der Waals surface area contributed by atoms with Gasteiger partial charge in [0, 0.05) is 56.8 Å². The molecular weight excluding hydrogens is 348 g/mol. The summed E-state index contributed by atoms with van der Waals surface area (Å²) in [5.41, 5.74) is 1.30. The first-order valence-corrected chi connectivity index (χ1v) is 10.3. The Bertz CT molecular complexity index is 876. The number of imidazole rings is 1. The van der Waals surface area contributed by atoms with Crippen LogP contribution >= 0.6 is 0 Å². The minimum absolute atomic E-state index is 0.816. The number of aromatic nitrogens is 3. The van der Waals surface area contributed by atoms with Crippen molar-refractivity contribution in [1.29, 1.82) is 0 Å². The van der Waals surface area contributed by atoms with Crippen LogP contribution in [-0.2, 0) is 13.1 Å². The number of nitrogens with one attached hydrogen (secondary N) is 2. The van der Waals surface area contributed by atoms with Gasteiger partial charge < -0.3 is 19.8 Å². The third kappa shape index (κ3) is 5.62. The Hall–Kier alpha value is -2.76. The molecule has 1 aromatic carbocycles. The SMILES string of the molecule is CCNC(=NCCCn1ccc2ccccc21)NCCCCn1ccnc1C. The minimum Gasteiger partial charge on any atom is -0.357 e. The Labute approximate surface area is 167 Å². The molecule has 3 aromatic rings. The topological polar surface area (TPSA) is 59.2 Å². The smallest absolute Gasteiger partial charge is 0.191 e. The molecule has 0 aliphatic heterocycles.